The van der Waals surface area contributed by atoms with Gasteiger partial charge in [0.25, 0.3) is 0 Å². The van der Waals surface area contributed by atoms with Gasteiger partial charge in [-0.05, 0) is 66.0 Å². The Balaban J connectivity index is 2.54. The molecule has 0 saturated heterocycles. The number of nitrogens with zero attached hydrogens (tertiary/aromatic N) is 1. The van der Waals surface area contributed by atoms with Gasteiger partial charge in [-0.2, -0.15) is 0 Å². The maximum absolute atomic E-state index is 14.5. The molecule has 2 atom stereocenters. The van der Waals surface area contributed by atoms with Crippen molar-refractivity contribution in [3.05, 3.63) is 71.3 Å². The van der Waals surface area contributed by atoms with E-state index in [0.29, 0.717) is 6.54 Å². The Morgan fingerprint density at radius 3 is 2.02 bits per heavy atom. The fraction of sp³-hybridized carbons (Fsp3) is 0.559. The molecule has 2 rings (SSSR count). The van der Waals surface area contributed by atoms with Gasteiger partial charge in [0.2, 0.25) is 11.8 Å². The number of alkyl carbamates (subject to hydrolysis) is 1. The number of carbonyl (C=O) groups is 3. The van der Waals surface area contributed by atoms with E-state index in [2.05, 4.69) is 17.6 Å². The Labute approximate surface area is 247 Å². The molecule has 0 bridgehead atoms. The van der Waals surface area contributed by atoms with E-state index in [9.17, 15) is 14.4 Å². The lowest BCUT2D eigenvalue weighted by Gasteiger charge is -2.36. The van der Waals surface area contributed by atoms with Crippen molar-refractivity contribution in [1.82, 2.24) is 15.5 Å². The number of aryl methyl sites for hydroxylation is 1. The van der Waals surface area contributed by atoms with Gasteiger partial charge >= 0.3 is 6.09 Å². The van der Waals surface area contributed by atoms with Crippen LogP contribution >= 0.6 is 0 Å². The first-order chi connectivity index (χ1) is 19.2. The molecule has 226 valence electrons. The van der Waals surface area contributed by atoms with Gasteiger partial charge in [-0.1, -0.05) is 92.8 Å². The third-order valence-corrected chi connectivity index (χ3v) is 6.51. The number of rotatable bonds is 13. The van der Waals surface area contributed by atoms with Gasteiger partial charge in [-0.3, -0.25) is 9.59 Å². The van der Waals surface area contributed by atoms with Crippen LogP contribution in [0.5, 0.6) is 0 Å². The van der Waals surface area contributed by atoms with Crippen molar-refractivity contribution in [3.8, 4) is 0 Å². The quantitative estimate of drug-likeness (QED) is 0.259. The number of amides is 3. The van der Waals surface area contributed by atoms with Gasteiger partial charge < -0.3 is 20.3 Å². The van der Waals surface area contributed by atoms with Crippen molar-refractivity contribution < 1.29 is 19.1 Å². The standard InChI is InChI=1S/C34H51N3O4/c1-9-10-11-12-16-23-37(29(30(38)36-33(3,4)5)27-21-19-25(2)20-22-27)31(39)28(24-26-17-14-13-15-18-26)35-32(40)41-34(6,7)8/h13-15,17-22,28-29H,9-12,16,23-24H2,1-8H3,(H,35,40)(H,36,38). The predicted molar refractivity (Wildman–Crippen MR) is 166 cm³/mol. The average molecular weight is 566 g/mol. The number of benzene rings is 2. The number of carbonyl (C=O) groups excluding carboxylic acids is 3. The van der Waals surface area contributed by atoms with E-state index in [1.54, 1.807) is 25.7 Å². The summed E-state index contributed by atoms with van der Waals surface area (Å²) in [5.41, 5.74) is 1.48. The molecule has 41 heavy (non-hydrogen) atoms. The molecule has 0 radical (unpaired) electrons. The molecule has 0 spiro atoms. The number of hydrogen-bond acceptors (Lipinski definition) is 4. The van der Waals surface area contributed by atoms with Crippen LogP contribution < -0.4 is 10.6 Å². The molecule has 2 N–H and O–H groups in total. The van der Waals surface area contributed by atoms with Crippen molar-refractivity contribution in [2.45, 2.75) is 117 Å². The highest BCUT2D eigenvalue weighted by atomic mass is 16.6. The molecule has 0 aliphatic carbocycles. The van der Waals surface area contributed by atoms with E-state index in [1.165, 1.54) is 0 Å². The van der Waals surface area contributed by atoms with Gasteiger partial charge in [0, 0.05) is 18.5 Å². The summed E-state index contributed by atoms with van der Waals surface area (Å²) in [6.07, 6.45) is 4.60. The van der Waals surface area contributed by atoms with Crippen molar-refractivity contribution in [3.63, 3.8) is 0 Å². The summed E-state index contributed by atoms with van der Waals surface area (Å²) >= 11 is 0. The van der Waals surface area contributed by atoms with E-state index in [-0.39, 0.29) is 18.2 Å². The first kappa shape index (κ1) is 33.9. The first-order valence-corrected chi connectivity index (χ1v) is 14.9. The fourth-order valence-corrected chi connectivity index (χ4v) is 4.61. The van der Waals surface area contributed by atoms with Crippen LogP contribution in [-0.2, 0) is 20.7 Å². The molecule has 2 aromatic carbocycles. The third kappa shape index (κ3) is 12.4. The van der Waals surface area contributed by atoms with Gasteiger partial charge in [-0.25, -0.2) is 4.79 Å². The van der Waals surface area contributed by atoms with Crippen LogP contribution in [0.15, 0.2) is 54.6 Å². The second kappa shape index (κ2) is 15.6. The predicted octanol–water partition coefficient (Wildman–Crippen LogP) is 6.89. The monoisotopic (exact) mass is 565 g/mol. The Morgan fingerprint density at radius 1 is 0.854 bits per heavy atom. The van der Waals surface area contributed by atoms with Crippen LogP contribution in [0.25, 0.3) is 0 Å². The van der Waals surface area contributed by atoms with Crippen LogP contribution in [0.4, 0.5) is 4.79 Å². The number of nitrogens with one attached hydrogen (secondary N) is 2. The summed E-state index contributed by atoms with van der Waals surface area (Å²) < 4.78 is 5.53. The Kier molecular flexibility index (Phi) is 12.9. The lowest BCUT2D eigenvalue weighted by atomic mass is 9.98. The summed E-state index contributed by atoms with van der Waals surface area (Å²) in [5, 5.41) is 5.93. The number of ether oxygens (including phenoxy) is 1. The largest absolute Gasteiger partial charge is 0.444 e. The van der Waals surface area contributed by atoms with Gasteiger partial charge in [0.1, 0.15) is 17.7 Å². The molecule has 0 heterocycles. The summed E-state index contributed by atoms with van der Waals surface area (Å²) in [6.45, 7) is 15.7. The van der Waals surface area contributed by atoms with Crippen molar-refractivity contribution >= 4 is 17.9 Å². The molecular weight excluding hydrogens is 514 g/mol. The summed E-state index contributed by atoms with van der Waals surface area (Å²) in [5.74, 6) is -0.566. The van der Waals surface area contributed by atoms with Crippen LogP contribution in [-0.4, -0.2) is 46.5 Å². The van der Waals surface area contributed by atoms with Crippen molar-refractivity contribution in [2.75, 3.05) is 6.54 Å². The first-order valence-electron chi connectivity index (χ1n) is 14.9. The van der Waals surface area contributed by atoms with Crippen molar-refractivity contribution in [2.24, 2.45) is 0 Å². The zero-order valence-corrected chi connectivity index (χ0v) is 26.4. The van der Waals surface area contributed by atoms with Crippen LogP contribution in [0.2, 0.25) is 0 Å². The van der Waals surface area contributed by atoms with E-state index in [1.807, 2.05) is 82.3 Å². The van der Waals surface area contributed by atoms with E-state index in [4.69, 9.17) is 4.74 Å². The maximum Gasteiger partial charge on any atom is 0.408 e. The molecule has 0 aromatic heterocycles. The lowest BCUT2D eigenvalue weighted by Crippen LogP contribution is -2.55. The lowest BCUT2D eigenvalue weighted by molar-refractivity contribution is -0.143. The topological polar surface area (TPSA) is 87.7 Å². The summed E-state index contributed by atoms with van der Waals surface area (Å²) in [7, 11) is 0. The Bertz CT molecular complexity index is 1100. The second-order valence-corrected chi connectivity index (χ2v) is 12.9. The molecule has 0 aliphatic heterocycles. The number of unbranched alkanes of at least 4 members (excludes halogenated alkanes) is 4. The summed E-state index contributed by atoms with van der Waals surface area (Å²) in [4.78, 5) is 43.0. The average Bonchev–Trinajstić information content (AvgIpc) is 2.86. The zero-order valence-electron chi connectivity index (χ0n) is 26.4. The minimum atomic E-state index is -0.918. The highest BCUT2D eigenvalue weighted by molar-refractivity contribution is 5.92. The van der Waals surface area contributed by atoms with E-state index >= 15 is 0 Å². The minimum Gasteiger partial charge on any atom is -0.444 e. The molecule has 2 unspecified atom stereocenters. The maximum atomic E-state index is 14.5. The zero-order chi connectivity index (χ0) is 30.6. The molecular formula is C34H51N3O4. The molecule has 7 heteroatoms. The molecule has 7 nitrogen and oxygen atoms in total. The highest BCUT2D eigenvalue weighted by Gasteiger charge is 2.37. The van der Waals surface area contributed by atoms with E-state index < -0.39 is 29.3 Å². The number of hydrogen-bond donors (Lipinski definition) is 2. The van der Waals surface area contributed by atoms with Gasteiger partial charge in [-0.15, -0.1) is 0 Å². The highest BCUT2D eigenvalue weighted by Crippen LogP contribution is 2.26. The fourth-order valence-electron chi connectivity index (χ4n) is 4.61. The van der Waals surface area contributed by atoms with E-state index in [0.717, 1.165) is 48.8 Å². The Hall–Kier alpha value is -3.35. The Morgan fingerprint density at radius 2 is 1.46 bits per heavy atom. The van der Waals surface area contributed by atoms with Crippen LogP contribution in [0.3, 0.4) is 0 Å². The smallest absolute Gasteiger partial charge is 0.408 e. The van der Waals surface area contributed by atoms with Gasteiger partial charge in [0.05, 0.1) is 0 Å². The minimum absolute atomic E-state index is 0.251. The molecule has 0 saturated carbocycles. The normalized spacial score (nSPS) is 13.2. The third-order valence-electron chi connectivity index (χ3n) is 6.51. The molecule has 0 aliphatic rings. The molecule has 3 amide bonds. The van der Waals surface area contributed by atoms with Crippen molar-refractivity contribution in [1.29, 1.82) is 0 Å². The van der Waals surface area contributed by atoms with Gasteiger partial charge in [0.15, 0.2) is 0 Å². The second-order valence-electron chi connectivity index (χ2n) is 12.9. The van der Waals surface area contributed by atoms with Crippen LogP contribution in [0.1, 0.15) is 103 Å². The molecule has 2 aromatic rings. The summed E-state index contributed by atoms with van der Waals surface area (Å²) in [6, 6.07) is 15.5. The molecule has 0 fully saturated rings. The van der Waals surface area contributed by atoms with Crippen LogP contribution in [0, 0.1) is 6.92 Å². The SMILES string of the molecule is CCCCCCCN(C(=O)C(Cc1ccccc1)NC(=O)OC(C)(C)C)C(C(=O)NC(C)(C)C)c1ccc(C)cc1.